The lowest BCUT2D eigenvalue weighted by molar-refractivity contribution is -0.120. The van der Waals surface area contributed by atoms with Crippen LogP contribution in [0.1, 0.15) is 26.6 Å². The molecule has 6 nitrogen and oxygen atoms in total. The number of carbonyl (C=O) groups is 1. The first-order valence-corrected chi connectivity index (χ1v) is 6.41. The molecule has 0 saturated carbocycles. The summed E-state index contributed by atoms with van der Waals surface area (Å²) in [7, 11) is 0. The lowest BCUT2D eigenvalue weighted by Gasteiger charge is -2.23. The number of rotatable bonds is 2. The zero-order valence-corrected chi connectivity index (χ0v) is 12.8. The molecule has 1 fully saturated rings. The SMILES string of the molecule is CC(C)(C)c1ncc(NC(=O)C2COCCN2)cn1.Cl. The van der Waals surface area contributed by atoms with Crippen LogP contribution in [0.2, 0.25) is 0 Å². The van der Waals surface area contributed by atoms with Gasteiger partial charge in [-0.15, -0.1) is 12.4 Å². The van der Waals surface area contributed by atoms with E-state index < -0.39 is 0 Å². The van der Waals surface area contributed by atoms with E-state index in [1.54, 1.807) is 12.4 Å². The summed E-state index contributed by atoms with van der Waals surface area (Å²) in [5.74, 6) is 0.636. The van der Waals surface area contributed by atoms with Gasteiger partial charge in [-0.1, -0.05) is 20.8 Å². The molecule has 1 aromatic rings. The number of amides is 1. The highest BCUT2D eigenvalue weighted by molar-refractivity contribution is 5.94. The fourth-order valence-corrected chi connectivity index (χ4v) is 1.74. The summed E-state index contributed by atoms with van der Waals surface area (Å²) in [6.45, 7) is 7.87. The first kappa shape index (κ1) is 16.8. The van der Waals surface area contributed by atoms with Crippen LogP contribution in [0.15, 0.2) is 12.4 Å². The molecule has 20 heavy (non-hydrogen) atoms. The number of ether oxygens (including phenoxy) is 1. The Morgan fingerprint density at radius 3 is 2.55 bits per heavy atom. The van der Waals surface area contributed by atoms with Crippen molar-refractivity contribution < 1.29 is 9.53 Å². The highest BCUT2D eigenvalue weighted by Crippen LogP contribution is 2.18. The number of anilines is 1. The number of morpholine rings is 1. The highest BCUT2D eigenvalue weighted by atomic mass is 35.5. The lowest BCUT2D eigenvalue weighted by atomic mass is 9.96. The van der Waals surface area contributed by atoms with Crippen LogP contribution in [0, 0.1) is 0 Å². The Bertz CT molecular complexity index is 439. The topological polar surface area (TPSA) is 76.1 Å². The second-order valence-electron chi connectivity index (χ2n) is 5.62. The van der Waals surface area contributed by atoms with Crippen LogP contribution in [0.3, 0.4) is 0 Å². The zero-order valence-electron chi connectivity index (χ0n) is 12.0. The third kappa shape index (κ3) is 4.40. The molecule has 7 heteroatoms. The van der Waals surface area contributed by atoms with Crippen LogP contribution >= 0.6 is 12.4 Å². The monoisotopic (exact) mass is 300 g/mol. The molecule has 1 amide bonds. The van der Waals surface area contributed by atoms with Crippen LogP contribution in [-0.4, -0.2) is 41.7 Å². The van der Waals surface area contributed by atoms with E-state index in [4.69, 9.17) is 4.74 Å². The van der Waals surface area contributed by atoms with Gasteiger partial charge >= 0.3 is 0 Å². The molecule has 1 atom stereocenters. The Labute approximate surface area is 125 Å². The minimum Gasteiger partial charge on any atom is -0.378 e. The Hall–Kier alpha value is -1.24. The van der Waals surface area contributed by atoms with Gasteiger partial charge in [0.05, 0.1) is 31.3 Å². The van der Waals surface area contributed by atoms with Gasteiger partial charge in [-0.05, 0) is 0 Å². The molecule has 2 rings (SSSR count). The smallest absolute Gasteiger partial charge is 0.243 e. The van der Waals surface area contributed by atoms with Crippen molar-refractivity contribution in [3.63, 3.8) is 0 Å². The van der Waals surface area contributed by atoms with Gasteiger partial charge in [0.2, 0.25) is 5.91 Å². The lowest BCUT2D eigenvalue weighted by Crippen LogP contribution is -2.48. The molecule has 0 radical (unpaired) electrons. The molecule has 1 aromatic heterocycles. The normalized spacial score (nSPS) is 19.1. The van der Waals surface area contributed by atoms with Crippen LogP contribution in [0.4, 0.5) is 5.69 Å². The molecule has 0 aliphatic carbocycles. The minimum atomic E-state index is -0.309. The summed E-state index contributed by atoms with van der Waals surface area (Å²) >= 11 is 0. The van der Waals surface area contributed by atoms with Crippen molar-refractivity contribution in [1.82, 2.24) is 15.3 Å². The zero-order chi connectivity index (χ0) is 13.9. The molecule has 0 aromatic carbocycles. The quantitative estimate of drug-likeness (QED) is 0.856. The Morgan fingerprint density at radius 1 is 1.40 bits per heavy atom. The predicted octanol–water partition coefficient (Wildman–Crippen LogP) is 1.12. The number of nitrogens with one attached hydrogen (secondary N) is 2. The van der Waals surface area contributed by atoms with Gasteiger partial charge in [0, 0.05) is 12.0 Å². The number of hydrogen-bond acceptors (Lipinski definition) is 5. The Balaban J connectivity index is 0.00000200. The van der Waals surface area contributed by atoms with Crippen molar-refractivity contribution in [3.8, 4) is 0 Å². The average Bonchev–Trinajstić information content (AvgIpc) is 2.39. The van der Waals surface area contributed by atoms with Crippen LogP contribution in [0.5, 0.6) is 0 Å². The third-order valence-electron chi connectivity index (χ3n) is 2.83. The molecule has 2 heterocycles. The van der Waals surface area contributed by atoms with Crippen LogP contribution < -0.4 is 10.6 Å². The average molecular weight is 301 g/mol. The van der Waals surface area contributed by atoms with E-state index >= 15 is 0 Å². The fourth-order valence-electron chi connectivity index (χ4n) is 1.74. The second-order valence-corrected chi connectivity index (χ2v) is 5.62. The van der Waals surface area contributed by atoms with Gasteiger partial charge in [0.1, 0.15) is 11.9 Å². The number of aromatic nitrogens is 2. The molecule has 2 N–H and O–H groups in total. The second kappa shape index (κ2) is 6.97. The molecule has 1 aliphatic heterocycles. The van der Waals surface area contributed by atoms with E-state index in [-0.39, 0.29) is 29.8 Å². The van der Waals surface area contributed by atoms with E-state index in [9.17, 15) is 4.79 Å². The molecular weight excluding hydrogens is 280 g/mol. The van der Waals surface area contributed by atoms with Crippen molar-refractivity contribution in [2.24, 2.45) is 0 Å². The molecule has 1 unspecified atom stereocenters. The Kier molecular flexibility index (Phi) is 5.86. The number of hydrogen-bond donors (Lipinski definition) is 2. The van der Waals surface area contributed by atoms with Gasteiger partial charge in [-0.25, -0.2) is 9.97 Å². The molecule has 112 valence electrons. The Morgan fingerprint density at radius 2 is 2.05 bits per heavy atom. The number of nitrogens with zero attached hydrogens (tertiary/aromatic N) is 2. The first-order chi connectivity index (χ1) is 8.97. The predicted molar refractivity (Wildman–Crippen MR) is 79.2 cm³/mol. The van der Waals surface area contributed by atoms with Crippen molar-refractivity contribution >= 4 is 24.0 Å². The van der Waals surface area contributed by atoms with Gasteiger partial charge in [0.25, 0.3) is 0 Å². The maximum Gasteiger partial charge on any atom is 0.243 e. The third-order valence-corrected chi connectivity index (χ3v) is 2.83. The van der Waals surface area contributed by atoms with Gasteiger partial charge in [0.15, 0.2) is 0 Å². The standard InChI is InChI=1S/C13H20N4O2.ClH/c1-13(2,3)12-15-6-9(7-16-12)17-11(18)10-8-19-5-4-14-10;/h6-7,10,14H,4-5,8H2,1-3H3,(H,17,18);1H. The molecular formula is C13H21ClN4O2. The summed E-state index contributed by atoms with van der Waals surface area (Å²) in [6, 6.07) is -0.309. The van der Waals surface area contributed by atoms with Crippen molar-refractivity contribution in [2.75, 3.05) is 25.1 Å². The fraction of sp³-hybridized carbons (Fsp3) is 0.615. The van der Waals surface area contributed by atoms with Crippen molar-refractivity contribution in [3.05, 3.63) is 18.2 Å². The maximum atomic E-state index is 11.9. The molecule has 1 aliphatic rings. The summed E-state index contributed by atoms with van der Waals surface area (Å²) in [5.41, 5.74) is 0.506. The molecule has 0 bridgehead atoms. The van der Waals surface area contributed by atoms with Crippen molar-refractivity contribution in [2.45, 2.75) is 32.2 Å². The van der Waals surface area contributed by atoms with E-state index in [1.807, 2.05) is 20.8 Å². The maximum absolute atomic E-state index is 11.9. The van der Waals surface area contributed by atoms with Crippen molar-refractivity contribution in [1.29, 1.82) is 0 Å². The van der Waals surface area contributed by atoms with E-state index in [2.05, 4.69) is 20.6 Å². The summed E-state index contributed by atoms with van der Waals surface area (Å²) in [4.78, 5) is 20.5. The van der Waals surface area contributed by atoms with Gasteiger partial charge < -0.3 is 15.4 Å². The highest BCUT2D eigenvalue weighted by Gasteiger charge is 2.22. The number of carbonyl (C=O) groups excluding carboxylic acids is 1. The van der Waals surface area contributed by atoms with Gasteiger partial charge in [-0.2, -0.15) is 0 Å². The van der Waals surface area contributed by atoms with E-state index in [1.165, 1.54) is 0 Å². The van der Waals surface area contributed by atoms with E-state index in [0.29, 0.717) is 25.4 Å². The molecule has 0 spiro atoms. The first-order valence-electron chi connectivity index (χ1n) is 6.41. The van der Waals surface area contributed by atoms with Gasteiger partial charge in [-0.3, -0.25) is 4.79 Å². The summed E-state index contributed by atoms with van der Waals surface area (Å²) in [5, 5.41) is 5.88. The summed E-state index contributed by atoms with van der Waals surface area (Å²) in [6.07, 6.45) is 3.27. The van der Waals surface area contributed by atoms with E-state index in [0.717, 1.165) is 5.82 Å². The molecule has 1 saturated heterocycles. The van der Waals surface area contributed by atoms with Crippen LogP contribution in [0.25, 0.3) is 0 Å². The van der Waals surface area contributed by atoms with Crippen LogP contribution in [-0.2, 0) is 14.9 Å². The number of halogens is 1. The largest absolute Gasteiger partial charge is 0.378 e. The minimum absolute atomic E-state index is 0. The summed E-state index contributed by atoms with van der Waals surface area (Å²) < 4.78 is 5.25.